The second kappa shape index (κ2) is 8.55. The first-order chi connectivity index (χ1) is 11.7. The third kappa shape index (κ3) is 4.88. The Hall–Kier alpha value is -0.360. The highest BCUT2D eigenvalue weighted by Crippen LogP contribution is 2.37. The van der Waals surface area contributed by atoms with Crippen molar-refractivity contribution in [3.8, 4) is 0 Å². The number of carbonyl (C=O) groups is 2. The molecule has 1 amide bonds. The molecule has 0 saturated carbocycles. The van der Waals surface area contributed by atoms with Crippen LogP contribution in [0.3, 0.4) is 0 Å². The Balaban J connectivity index is 2.03. The van der Waals surface area contributed by atoms with Crippen molar-refractivity contribution in [2.24, 2.45) is 11.3 Å². The van der Waals surface area contributed by atoms with Crippen LogP contribution in [0.25, 0.3) is 0 Å². The van der Waals surface area contributed by atoms with Crippen LogP contribution in [-0.2, 0) is 14.3 Å². The third-order valence-corrected chi connectivity index (χ3v) is 7.35. The van der Waals surface area contributed by atoms with Gasteiger partial charge in [-0.2, -0.15) is 0 Å². The van der Waals surface area contributed by atoms with E-state index in [1.54, 1.807) is 0 Å². The number of ether oxygens (including phenoxy) is 1. The number of hydrogen-bond acceptors (Lipinski definition) is 9. The van der Waals surface area contributed by atoms with Gasteiger partial charge in [0, 0.05) is 23.3 Å². The van der Waals surface area contributed by atoms with E-state index in [1.807, 2.05) is 13.8 Å². The van der Waals surface area contributed by atoms with Crippen LogP contribution in [0.5, 0.6) is 0 Å². The lowest BCUT2D eigenvalue weighted by atomic mass is 9.85. The molecule has 2 rings (SSSR count). The predicted molar refractivity (Wildman–Crippen MR) is 93.7 cm³/mol. The maximum Gasteiger partial charge on any atom is 0.224 e. The van der Waals surface area contributed by atoms with E-state index < -0.39 is 54.5 Å². The van der Waals surface area contributed by atoms with Crippen molar-refractivity contribution in [3.63, 3.8) is 0 Å². The summed E-state index contributed by atoms with van der Waals surface area (Å²) in [6, 6.07) is -1.24. The smallest absolute Gasteiger partial charge is 0.224 e. The van der Waals surface area contributed by atoms with Gasteiger partial charge in [0.1, 0.15) is 30.1 Å². The fourth-order valence-electron chi connectivity index (χ4n) is 2.66. The second-order valence-electron chi connectivity index (χ2n) is 7.02. The van der Waals surface area contributed by atoms with Gasteiger partial charge in [0.15, 0.2) is 6.29 Å². The molecule has 5 N–H and O–H groups in total. The van der Waals surface area contributed by atoms with Gasteiger partial charge in [-0.3, -0.25) is 9.59 Å². The first-order valence-electron chi connectivity index (χ1n) is 8.06. The van der Waals surface area contributed by atoms with Crippen LogP contribution >= 0.6 is 21.6 Å². The summed E-state index contributed by atoms with van der Waals surface area (Å²) >= 11 is 0. The van der Waals surface area contributed by atoms with Crippen LogP contribution in [0.15, 0.2) is 0 Å². The van der Waals surface area contributed by atoms with Gasteiger partial charge in [-0.25, -0.2) is 0 Å². The molecule has 0 radical (unpaired) electrons. The summed E-state index contributed by atoms with van der Waals surface area (Å²) in [6.07, 6.45) is -5.56. The summed E-state index contributed by atoms with van der Waals surface area (Å²) in [5.41, 5.74) is -0.520. The molecule has 10 heteroatoms. The fourth-order valence-corrected chi connectivity index (χ4v) is 5.65. The molecular weight excluding hydrogens is 370 g/mol. The number of aliphatic hydroxyl groups is 4. The standard InChI is InChI=1S/C15H25NO7S2/c1-15(2)6-25-24-5-7(3-9(15)18)13(21)16-10-12(20)11(19)8(4-17)23-14(10)22/h7-8,10-12,14,17,19-20,22H,3-6H2,1-2H3,(H,16,21). The SMILES string of the molecule is CC1(C)CSSCC(C(=O)NC2C(O)OC(CO)C(O)C2O)CC1=O. The van der Waals surface area contributed by atoms with Crippen LogP contribution in [-0.4, -0.2) is 80.9 Å². The summed E-state index contributed by atoms with van der Waals surface area (Å²) < 4.78 is 5.02. The molecule has 6 atom stereocenters. The number of ketones is 1. The van der Waals surface area contributed by atoms with Crippen LogP contribution < -0.4 is 5.32 Å². The van der Waals surface area contributed by atoms with E-state index in [9.17, 15) is 24.9 Å². The lowest BCUT2D eigenvalue weighted by molar-refractivity contribution is -0.254. The van der Waals surface area contributed by atoms with Crippen molar-refractivity contribution in [1.29, 1.82) is 0 Å². The molecule has 25 heavy (non-hydrogen) atoms. The minimum Gasteiger partial charge on any atom is -0.394 e. The Morgan fingerprint density at radius 1 is 1.28 bits per heavy atom. The lowest BCUT2D eigenvalue weighted by Crippen LogP contribution is -2.64. The lowest BCUT2D eigenvalue weighted by Gasteiger charge is -2.40. The van der Waals surface area contributed by atoms with Crippen molar-refractivity contribution < 1.29 is 34.8 Å². The molecule has 0 aliphatic carbocycles. The molecule has 2 aliphatic heterocycles. The third-order valence-electron chi connectivity index (χ3n) is 4.54. The molecule has 144 valence electrons. The number of rotatable bonds is 3. The number of amides is 1. The second-order valence-corrected chi connectivity index (χ2v) is 9.53. The monoisotopic (exact) mass is 395 g/mol. The maximum absolute atomic E-state index is 12.5. The average molecular weight is 395 g/mol. The van der Waals surface area contributed by atoms with Gasteiger partial charge in [-0.1, -0.05) is 35.4 Å². The summed E-state index contributed by atoms with van der Waals surface area (Å²) in [4.78, 5) is 24.9. The molecule has 0 bridgehead atoms. The quantitative estimate of drug-likeness (QED) is 0.377. The summed E-state index contributed by atoms with van der Waals surface area (Å²) in [5, 5.41) is 41.5. The predicted octanol–water partition coefficient (Wildman–Crippen LogP) is -1.10. The van der Waals surface area contributed by atoms with Crippen molar-refractivity contribution in [2.75, 3.05) is 18.1 Å². The molecule has 8 nitrogen and oxygen atoms in total. The van der Waals surface area contributed by atoms with Crippen LogP contribution in [0.1, 0.15) is 20.3 Å². The van der Waals surface area contributed by atoms with E-state index in [0.29, 0.717) is 11.5 Å². The van der Waals surface area contributed by atoms with Crippen LogP contribution in [0.4, 0.5) is 0 Å². The highest BCUT2D eigenvalue weighted by Gasteiger charge is 2.45. The minimum absolute atomic E-state index is 0.0122. The van der Waals surface area contributed by atoms with Gasteiger partial charge in [0.25, 0.3) is 0 Å². The number of aliphatic hydroxyl groups excluding tert-OH is 4. The number of hydrogen-bond donors (Lipinski definition) is 5. The van der Waals surface area contributed by atoms with E-state index in [4.69, 9.17) is 9.84 Å². The van der Waals surface area contributed by atoms with Gasteiger partial charge in [-0.05, 0) is 0 Å². The number of carbonyl (C=O) groups excluding carboxylic acids is 2. The molecule has 0 aromatic carbocycles. The topological polar surface area (TPSA) is 136 Å². The Labute approximate surface area is 154 Å². The zero-order valence-electron chi connectivity index (χ0n) is 14.1. The summed E-state index contributed by atoms with van der Waals surface area (Å²) in [7, 11) is 3.04. The van der Waals surface area contributed by atoms with Crippen LogP contribution in [0, 0.1) is 11.3 Å². The summed E-state index contributed by atoms with van der Waals surface area (Å²) in [5.74, 6) is 0.00640. The van der Waals surface area contributed by atoms with Gasteiger partial charge in [0.05, 0.1) is 12.5 Å². The molecular formula is C15H25NO7S2. The Morgan fingerprint density at radius 3 is 2.60 bits per heavy atom. The Morgan fingerprint density at radius 2 is 1.96 bits per heavy atom. The van der Waals surface area contributed by atoms with Crippen molar-refractivity contribution in [2.45, 2.75) is 50.9 Å². The van der Waals surface area contributed by atoms with Crippen molar-refractivity contribution >= 4 is 33.3 Å². The van der Waals surface area contributed by atoms with E-state index in [-0.39, 0.29) is 12.2 Å². The first-order valence-corrected chi connectivity index (χ1v) is 10.5. The largest absolute Gasteiger partial charge is 0.394 e. The van der Waals surface area contributed by atoms with Gasteiger partial charge in [0.2, 0.25) is 5.91 Å². The number of Topliss-reactive ketones (excluding diaryl/α,β-unsaturated/α-hetero) is 1. The number of nitrogens with one attached hydrogen (secondary N) is 1. The van der Waals surface area contributed by atoms with Gasteiger partial charge < -0.3 is 30.5 Å². The molecule has 2 aliphatic rings. The zero-order chi connectivity index (χ0) is 18.8. The van der Waals surface area contributed by atoms with Crippen LogP contribution in [0.2, 0.25) is 0 Å². The molecule has 6 unspecified atom stereocenters. The Kier molecular flexibility index (Phi) is 7.17. The normalized spacial score (nSPS) is 39.4. The van der Waals surface area contributed by atoms with E-state index in [0.717, 1.165) is 0 Å². The molecule has 2 saturated heterocycles. The summed E-state index contributed by atoms with van der Waals surface area (Å²) in [6.45, 7) is 3.12. The van der Waals surface area contributed by atoms with E-state index in [1.165, 1.54) is 21.6 Å². The fraction of sp³-hybridized carbons (Fsp3) is 0.867. The highest BCUT2D eigenvalue weighted by atomic mass is 33.1. The first kappa shape index (κ1) is 20.9. The zero-order valence-corrected chi connectivity index (χ0v) is 15.8. The van der Waals surface area contributed by atoms with Crippen molar-refractivity contribution in [1.82, 2.24) is 5.32 Å². The Bertz CT molecular complexity index is 504. The highest BCUT2D eigenvalue weighted by molar-refractivity contribution is 8.76. The van der Waals surface area contributed by atoms with Gasteiger partial charge >= 0.3 is 0 Å². The molecule has 2 heterocycles. The maximum atomic E-state index is 12.5. The molecule has 0 aromatic rings. The van der Waals surface area contributed by atoms with Crippen molar-refractivity contribution in [3.05, 3.63) is 0 Å². The van der Waals surface area contributed by atoms with E-state index in [2.05, 4.69) is 5.32 Å². The minimum atomic E-state index is -1.57. The molecule has 0 spiro atoms. The molecule has 0 aromatic heterocycles. The molecule has 2 fully saturated rings. The van der Waals surface area contributed by atoms with Gasteiger partial charge in [-0.15, -0.1) is 0 Å². The van der Waals surface area contributed by atoms with E-state index >= 15 is 0 Å². The average Bonchev–Trinajstić information content (AvgIpc) is 2.55.